The molecule has 0 saturated carbocycles. The summed E-state index contributed by atoms with van der Waals surface area (Å²) in [7, 11) is 0. The lowest BCUT2D eigenvalue weighted by Crippen LogP contribution is -2.40. The number of hydrogen-bond donors (Lipinski definition) is 0. The van der Waals surface area contributed by atoms with E-state index in [1.165, 1.54) is 0 Å². The van der Waals surface area contributed by atoms with E-state index in [9.17, 15) is 4.79 Å². The molecule has 88 valence electrons. The molecule has 0 aliphatic heterocycles. The Morgan fingerprint density at radius 3 is 1.87 bits per heavy atom. The molecule has 0 amide bonds. The number of carbonyl (C=O) groups is 1. The Labute approximate surface area is 91.6 Å². The molecule has 0 rings (SSSR count). The van der Waals surface area contributed by atoms with Crippen LogP contribution in [-0.2, 0) is 14.4 Å². The molecule has 0 aromatic heterocycles. The van der Waals surface area contributed by atoms with Gasteiger partial charge in [0, 0.05) is 0 Å². The van der Waals surface area contributed by atoms with Gasteiger partial charge in [-0.05, 0) is 48.5 Å². The van der Waals surface area contributed by atoms with Gasteiger partial charge in [-0.2, -0.15) is 0 Å². The Balaban J connectivity index is 4.46. The highest BCUT2D eigenvalue weighted by Gasteiger charge is 2.35. The van der Waals surface area contributed by atoms with Crippen LogP contribution in [0.4, 0.5) is 0 Å². The van der Waals surface area contributed by atoms with E-state index in [4.69, 9.17) is 9.57 Å². The normalized spacial score (nSPS) is 11.9. The molecule has 0 aliphatic carbocycles. The maximum atomic E-state index is 11.7. The van der Waals surface area contributed by atoms with Crippen molar-refractivity contribution in [3.8, 4) is 0 Å². The lowest BCUT2D eigenvalue weighted by Gasteiger charge is -2.26. The van der Waals surface area contributed by atoms with Gasteiger partial charge in [0.05, 0.1) is 5.71 Å². The van der Waals surface area contributed by atoms with Crippen molar-refractivity contribution in [3.63, 3.8) is 0 Å². The van der Waals surface area contributed by atoms with Gasteiger partial charge in [0.1, 0.15) is 5.60 Å². The summed E-state index contributed by atoms with van der Waals surface area (Å²) in [5.41, 5.74) is -0.806. The first kappa shape index (κ1) is 13.9. The number of nitrogens with zero attached hydrogens (tertiary/aromatic N) is 1. The van der Waals surface area contributed by atoms with Gasteiger partial charge >= 0.3 is 5.97 Å². The van der Waals surface area contributed by atoms with Gasteiger partial charge in [-0.1, -0.05) is 5.16 Å². The van der Waals surface area contributed by atoms with Crippen molar-refractivity contribution in [3.05, 3.63) is 0 Å². The van der Waals surface area contributed by atoms with Crippen LogP contribution in [0, 0.1) is 0 Å². The van der Waals surface area contributed by atoms with Crippen LogP contribution >= 0.6 is 0 Å². The summed E-state index contributed by atoms with van der Waals surface area (Å²) in [6.07, 6.45) is 0. The largest absolute Gasteiger partial charge is 0.457 e. The van der Waals surface area contributed by atoms with Crippen molar-refractivity contribution in [1.29, 1.82) is 0 Å². The van der Waals surface area contributed by atoms with Crippen LogP contribution in [0.3, 0.4) is 0 Å². The molecule has 0 atom stereocenters. The van der Waals surface area contributed by atoms with E-state index in [1.54, 1.807) is 27.7 Å². The summed E-state index contributed by atoms with van der Waals surface area (Å²) >= 11 is 0. The van der Waals surface area contributed by atoms with Gasteiger partial charge in [0.15, 0.2) is 0 Å². The first-order valence-corrected chi connectivity index (χ1v) is 4.97. The molecule has 0 bridgehead atoms. The van der Waals surface area contributed by atoms with Crippen LogP contribution in [0.15, 0.2) is 5.16 Å². The summed E-state index contributed by atoms with van der Waals surface area (Å²) in [4.78, 5) is 16.8. The van der Waals surface area contributed by atoms with Crippen LogP contribution < -0.4 is 0 Å². The average molecular weight is 215 g/mol. The number of esters is 1. The second kappa shape index (κ2) is 4.64. The maximum Gasteiger partial charge on any atom is 0.353 e. The molecule has 0 aromatic carbocycles. The fourth-order valence-corrected chi connectivity index (χ4v) is 0.644. The van der Waals surface area contributed by atoms with E-state index in [0.717, 1.165) is 5.71 Å². The predicted octanol–water partition coefficient (Wildman–Crippen LogP) is 2.52. The van der Waals surface area contributed by atoms with Gasteiger partial charge < -0.3 is 9.57 Å². The molecule has 0 saturated heterocycles. The zero-order valence-electron chi connectivity index (χ0n) is 10.7. The third-order valence-corrected chi connectivity index (χ3v) is 1.35. The lowest BCUT2D eigenvalue weighted by molar-refractivity contribution is -0.179. The fourth-order valence-electron chi connectivity index (χ4n) is 0.644. The topological polar surface area (TPSA) is 47.9 Å². The zero-order valence-corrected chi connectivity index (χ0v) is 10.7. The Kier molecular flexibility index (Phi) is 4.31. The third-order valence-electron chi connectivity index (χ3n) is 1.35. The average Bonchev–Trinajstić information content (AvgIpc) is 1.97. The summed E-state index contributed by atoms with van der Waals surface area (Å²) in [5.74, 6) is -0.417. The summed E-state index contributed by atoms with van der Waals surface area (Å²) in [6, 6.07) is 0. The van der Waals surface area contributed by atoms with E-state index in [0.29, 0.717) is 0 Å². The number of ether oxygens (including phenoxy) is 1. The minimum absolute atomic E-state index is 0.417. The van der Waals surface area contributed by atoms with Crippen LogP contribution in [-0.4, -0.2) is 22.9 Å². The molecule has 0 aromatic rings. The van der Waals surface area contributed by atoms with Crippen LogP contribution in [0.2, 0.25) is 0 Å². The minimum Gasteiger partial charge on any atom is -0.457 e. The maximum absolute atomic E-state index is 11.7. The van der Waals surface area contributed by atoms with Crippen molar-refractivity contribution in [2.75, 3.05) is 0 Å². The summed E-state index contributed by atoms with van der Waals surface area (Å²) in [6.45, 7) is 12.3. The van der Waals surface area contributed by atoms with Crippen molar-refractivity contribution in [2.24, 2.45) is 5.16 Å². The highest BCUT2D eigenvalue weighted by molar-refractivity contribution is 5.80. The van der Waals surface area contributed by atoms with Crippen molar-refractivity contribution < 1.29 is 14.4 Å². The highest BCUT2D eigenvalue weighted by atomic mass is 16.7. The molecule has 0 radical (unpaired) electrons. The highest BCUT2D eigenvalue weighted by Crippen LogP contribution is 2.17. The van der Waals surface area contributed by atoms with E-state index in [-0.39, 0.29) is 0 Å². The molecule has 0 fully saturated rings. The third kappa shape index (κ3) is 6.10. The van der Waals surface area contributed by atoms with E-state index >= 15 is 0 Å². The second-order valence-electron chi connectivity index (χ2n) is 5.14. The molecule has 0 heterocycles. The predicted molar refractivity (Wildman–Crippen MR) is 59.8 cm³/mol. The van der Waals surface area contributed by atoms with Gasteiger partial charge in [-0.3, -0.25) is 0 Å². The number of rotatable bonds is 3. The molecular weight excluding hydrogens is 194 g/mol. The fraction of sp³-hybridized carbons (Fsp3) is 0.818. The molecule has 0 unspecified atom stereocenters. The number of oxime groups is 1. The Morgan fingerprint density at radius 2 is 1.53 bits per heavy atom. The van der Waals surface area contributed by atoms with E-state index < -0.39 is 17.2 Å². The van der Waals surface area contributed by atoms with Crippen LogP contribution in [0.25, 0.3) is 0 Å². The van der Waals surface area contributed by atoms with Crippen molar-refractivity contribution >= 4 is 11.7 Å². The summed E-state index contributed by atoms with van der Waals surface area (Å²) in [5, 5.41) is 3.76. The smallest absolute Gasteiger partial charge is 0.353 e. The number of carbonyl (C=O) groups excluding carboxylic acids is 1. The SMILES string of the molecule is CC(C)=NOC(C)(C)C(=O)OC(C)(C)C. The molecule has 4 heteroatoms. The molecule has 0 aliphatic rings. The first-order chi connectivity index (χ1) is 6.54. The standard InChI is InChI=1S/C11H21NO3/c1-8(2)12-15-11(6,7)9(13)14-10(3,4)5/h1-7H3. The lowest BCUT2D eigenvalue weighted by atomic mass is 10.1. The molecule has 15 heavy (non-hydrogen) atoms. The first-order valence-electron chi connectivity index (χ1n) is 4.97. The second-order valence-corrected chi connectivity index (χ2v) is 5.14. The van der Waals surface area contributed by atoms with E-state index in [2.05, 4.69) is 5.16 Å². The minimum atomic E-state index is -1.05. The van der Waals surface area contributed by atoms with Crippen LogP contribution in [0.5, 0.6) is 0 Å². The van der Waals surface area contributed by atoms with Crippen molar-refractivity contribution in [2.45, 2.75) is 59.7 Å². The Bertz CT molecular complexity index is 257. The number of hydrogen-bond acceptors (Lipinski definition) is 4. The molecular formula is C11H21NO3. The molecule has 4 nitrogen and oxygen atoms in total. The molecule has 0 spiro atoms. The van der Waals surface area contributed by atoms with Gasteiger partial charge in [0.25, 0.3) is 0 Å². The Morgan fingerprint density at radius 1 is 1.07 bits per heavy atom. The quantitative estimate of drug-likeness (QED) is 0.413. The monoisotopic (exact) mass is 215 g/mol. The Hall–Kier alpha value is -1.06. The molecule has 0 N–H and O–H groups in total. The van der Waals surface area contributed by atoms with Gasteiger partial charge in [-0.25, -0.2) is 4.79 Å². The van der Waals surface area contributed by atoms with Gasteiger partial charge in [0.2, 0.25) is 5.60 Å². The van der Waals surface area contributed by atoms with E-state index in [1.807, 2.05) is 20.8 Å². The zero-order chi connectivity index (χ0) is 12.3. The van der Waals surface area contributed by atoms with Gasteiger partial charge in [-0.15, -0.1) is 0 Å². The van der Waals surface area contributed by atoms with Crippen molar-refractivity contribution in [1.82, 2.24) is 0 Å². The van der Waals surface area contributed by atoms with Crippen LogP contribution in [0.1, 0.15) is 48.5 Å². The summed E-state index contributed by atoms with van der Waals surface area (Å²) < 4.78 is 5.20.